The van der Waals surface area contributed by atoms with E-state index < -0.39 is 5.97 Å². The highest BCUT2D eigenvalue weighted by Gasteiger charge is 2.27. The van der Waals surface area contributed by atoms with Crippen LogP contribution in [-0.2, 0) is 4.79 Å². The Kier molecular flexibility index (Phi) is 3.18. The predicted molar refractivity (Wildman–Crippen MR) is 65.4 cm³/mol. The average molecular weight is 232 g/mol. The molecule has 2 rings (SSSR count). The quantitative estimate of drug-likeness (QED) is 0.797. The molecule has 1 aliphatic heterocycles. The van der Waals surface area contributed by atoms with Crippen molar-refractivity contribution in [2.75, 3.05) is 6.61 Å². The first-order valence-electron chi connectivity index (χ1n) is 5.72. The van der Waals surface area contributed by atoms with Gasteiger partial charge in [0.2, 0.25) is 0 Å². The summed E-state index contributed by atoms with van der Waals surface area (Å²) in [4.78, 5) is 10.9. The lowest BCUT2D eigenvalue weighted by Gasteiger charge is -2.28. The molecule has 0 saturated heterocycles. The normalized spacial score (nSPS) is 20.8. The number of fused-ring (bicyclic) bond motifs is 1. The molecule has 1 atom stereocenters. The van der Waals surface area contributed by atoms with Crippen molar-refractivity contribution >= 4 is 5.97 Å². The highest BCUT2D eigenvalue weighted by molar-refractivity contribution is 5.69. The van der Waals surface area contributed by atoms with E-state index in [4.69, 9.17) is 9.84 Å². The van der Waals surface area contributed by atoms with E-state index in [2.05, 4.69) is 0 Å². The van der Waals surface area contributed by atoms with Gasteiger partial charge in [0.1, 0.15) is 12.4 Å². The molecule has 3 heteroatoms. The average Bonchev–Trinajstić information content (AvgIpc) is 2.28. The molecular weight excluding hydrogens is 216 g/mol. The molecule has 90 valence electrons. The Balaban J connectivity index is 2.43. The molecule has 1 aliphatic rings. The van der Waals surface area contributed by atoms with Gasteiger partial charge in [0, 0.05) is 11.5 Å². The number of hydrogen-bond acceptors (Lipinski definition) is 2. The molecule has 0 bridgehead atoms. The van der Waals surface area contributed by atoms with Crippen LogP contribution in [-0.4, -0.2) is 17.7 Å². The van der Waals surface area contributed by atoms with E-state index in [1.165, 1.54) is 0 Å². The maximum absolute atomic E-state index is 10.9. The second-order valence-electron chi connectivity index (χ2n) is 4.34. The van der Waals surface area contributed by atoms with Crippen molar-refractivity contribution in [3.8, 4) is 5.75 Å². The second-order valence-corrected chi connectivity index (χ2v) is 4.34. The maximum atomic E-state index is 10.9. The largest absolute Gasteiger partial charge is 0.489 e. The van der Waals surface area contributed by atoms with Crippen LogP contribution in [0.3, 0.4) is 0 Å². The molecule has 0 spiro atoms. The number of carbonyl (C=O) groups is 1. The van der Waals surface area contributed by atoms with Crippen molar-refractivity contribution in [1.82, 2.24) is 0 Å². The SMILES string of the molecule is C/C=C1/COc2cc(C)ccc2C1CC(=O)O. The molecule has 1 aromatic rings. The van der Waals surface area contributed by atoms with Crippen LogP contribution in [0.5, 0.6) is 5.75 Å². The van der Waals surface area contributed by atoms with Gasteiger partial charge in [-0.25, -0.2) is 0 Å². The van der Waals surface area contributed by atoms with Crippen LogP contribution in [0.15, 0.2) is 29.8 Å². The smallest absolute Gasteiger partial charge is 0.304 e. The maximum Gasteiger partial charge on any atom is 0.304 e. The van der Waals surface area contributed by atoms with Gasteiger partial charge in [-0.3, -0.25) is 4.79 Å². The number of rotatable bonds is 2. The third-order valence-corrected chi connectivity index (χ3v) is 3.14. The van der Waals surface area contributed by atoms with E-state index in [0.717, 1.165) is 22.4 Å². The molecule has 1 aromatic carbocycles. The van der Waals surface area contributed by atoms with Gasteiger partial charge in [0.25, 0.3) is 0 Å². The zero-order chi connectivity index (χ0) is 12.4. The Morgan fingerprint density at radius 3 is 3.00 bits per heavy atom. The van der Waals surface area contributed by atoms with Crippen LogP contribution >= 0.6 is 0 Å². The highest BCUT2D eigenvalue weighted by atomic mass is 16.5. The van der Waals surface area contributed by atoms with Crippen LogP contribution in [0, 0.1) is 6.92 Å². The molecule has 1 unspecified atom stereocenters. The van der Waals surface area contributed by atoms with E-state index in [9.17, 15) is 4.79 Å². The van der Waals surface area contributed by atoms with Gasteiger partial charge < -0.3 is 9.84 Å². The fourth-order valence-electron chi connectivity index (χ4n) is 2.22. The summed E-state index contributed by atoms with van der Waals surface area (Å²) in [7, 11) is 0. The van der Waals surface area contributed by atoms with Gasteiger partial charge in [-0.15, -0.1) is 0 Å². The van der Waals surface area contributed by atoms with E-state index in [1.54, 1.807) is 0 Å². The molecule has 0 fully saturated rings. The van der Waals surface area contributed by atoms with Gasteiger partial charge in [-0.2, -0.15) is 0 Å². The lowest BCUT2D eigenvalue weighted by Crippen LogP contribution is -2.20. The number of carboxylic acids is 1. The Hall–Kier alpha value is -1.77. The monoisotopic (exact) mass is 232 g/mol. The van der Waals surface area contributed by atoms with E-state index in [-0.39, 0.29) is 12.3 Å². The van der Waals surface area contributed by atoms with Crippen LogP contribution in [0.4, 0.5) is 0 Å². The van der Waals surface area contributed by atoms with Crippen molar-refractivity contribution in [3.63, 3.8) is 0 Å². The van der Waals surface area contributed by atoms with Crippen molar-refractivity contribution in [2.24, 2.45) is 0 Å². The van der Waals surface area contributed by atoms with E-state index in [1.807, 2.05) is 38.1 Å². The molecular formula is C14H16O3. The number of aliphatic carboxylic acids is 1. The summed E-state index contributed by atoms with van der Waals surface area (Å²) in [5.74, 6) is -0.00789. The zero-order valence-corrected chi connectivity index (χ0v) is 10.1. The summed E-state index contributed by atoms with van der Waals surface area (Å²) >= 11 is 0. The van der Waals surface area contributed by atoms with Gasteiger partial charge in [-0.05, 0) is 31.1 Å². The van der Waals surface area contributed by atoms with Crippen LogP contribution in [0.25, 0.3) is 0 Å². The number of benzene rings is 1. The predicted octanol–water partition coefficient (Wildman–Crippen LogP) is 2.89. The standard InChI is InChI=1S/C14H16O3/c1-3-10-8-17-13-6-9(2)4-5-11(13)12(10)7-14(15)16/h3-6,12H,7-8H2,1-2H3,(H,15,16)/b10-3-. The molecule has 0 radical (unpaired) electrons. The highest BCUT2D eigenvalue weighted by Crippen LogP contribution is 2.39. The molecule has 0 amide bonds. The minimum absolute atomic E-state index is 0.0538. The Morgan fingerprint density at radius 1 is 1.59 bits per heavy atom. The summed E-state index contributed by atoms with van der Waals surface area (Å²) < 4.78 is 5.66. The summed E-state index contributed by atoms with van der Waals surface area (Å²) in [6.45, 7) is 4.42. The zero-order valence-electron chi connectivity index (χ0n) is 10.1. The van der Waals surface area contributed by atoms with Gasteiger partial charge >= 0.3 is 5.97 Å². The Morgan fingerprint density at radius 2 is 2.35 bits per heavy atom. The van der Waals surface area contributed by atoms with Gasteiger partial charge in [0.05, 0.1) is 6.42 Å². The minimum atomic E-state index is -0.775. The number of hydrogen-bond donors (Lipinski definition) is 1. The summed E-state index contributed by atoms with van der Waals surface area (Å²) in [5, 5.41) is 8.99. The molecule has 3 nitrogen and oxygen atoms in total. The number of ether oxygens (including phenoxy) is 1. The van der Waals surface area contributed by atoms with Crippen molar-refractivity contribution in [1.29, 1.82) is 0 Å². The topological polar surface area (TPSA) is 46.5 Å². The minimum Gasteiger partial charge on any atom is -0.489 e. The Bertz CT molecular complexity index is 474. The molecule has 0 aromatic heterocycles. The molecule has 17 heavy (non-hydrogen) atoms. The third kappa shape index (κ3) is 2.33. The van der Waals surface area contributed by atoms with E-state index in [0.29, 0.717) is 6.61 Å². The number of aryl methyl sites for hydroxylation is 1. The fraction of sp³-hybridized carbons (Fsp3) is 0.357. The van der Waals surface area contributed by atoms with Crippen LogP contribution < -0.4 is 4.74 Å². The van der Waals surface area contributed by atoms with Crippen LogP contribution in [0.2, 0.25) is 0 Å². The van der Waals surface area contributed by atoms with Crippen molar-refractivity contribution in [2.45, 2.75) is 26.2 Å². The molecule has 0 aliphatic carbocycles. The first-order chi connectivity index (χ1) is 8.11. The second kappa shape index (κ2) is 4.62. The summed E-state index contributed by atoms with van der Waals surface area (Å²) in [6, 6.07) is 5.94. The fourth-order valence-corrected chi connectivity index (χ4v) is 2.22. The summed E-state index contributed by atoms with van der Waals surface area (Å²) in [5.41, 5.74) is 3.16. The summed E-state index contributed by atoms with van der Waals surface area (Å²) in [6.07, 6.45) is 2.08. The Labute approximate surface area is 101 Å². The number of carboxylic acid groups (broad SMARTS) is 1. The molecule has 0 saturated carbocycles. The third-order valence-electron chi connectivity index (χ3n) is 3.14. The molecule has 1 N–H and O–H groups in total. The number of allylic oxidation sites excluding steroid dienone is 1. The lowest BCUT2D eigenvalue weighted by atomic mass is 9.85. The van der Waals surface area contributed by atoms with Crippen molar-refractivity contribution < 1.29 is 14.6 Å². The first-order valence-corrected chi connectivity index (χ1v) is 5.72. The molecule has 1 heterocycles. The van der Waals surface area contributed by atoms with Crippen LogP contribution in [0.1, 0.15) is 30.4 Å². The van der Waals surface area contributed by atoms with Gasteiger partial charge in [0.15, 0.2) is 0 Å². The first kappa shape index (κ1) is 11.7. The van der Waals surface area contributed by atoms with E-state index >= 15 is 0 Å². The van der Waals surface area contributed by atoms with Crippen molar-refractivity contribution in [3.05, 3.63) is 41.0 Å². The lowest BCUT2D eigenvalue weighted by molar-refractivity contribution is -0.137. The van der Waals surface area contributed by atoms with Gasteiger partial charge in [-0.1, -0.05) is 18.2 Å².